The van der Waals surface area contributed by atoms with Crippen LogP contribution in [0.2, 0.25) is 0 Å². The molecule has 5 rings (SSSR count). The number of fused-ring (bicyclic) bond motifs is 1. The molecule has 0 spiro atoms. The van der Waals surface area contributed by atoms with Gasteiger partial charge in [-0.1, -0.05) is 6.07 Å². The number of esters is 1. The lowest BCUT2D eigenvalue weighted by Gasteiger charge is -2.23. The lowest BCUT2D eigenvalue weighted by Crippen LogP contribution is -2.35. The maximum Gasteiger partial charge on any atom is 0.310 e. The Morgan fingerprint density at radius 2 is 1.79 bits per heavy atom. The number of benzene rings is 2. The maximum atomic E-state index is 13.0. The van der Waals surface area contributed by atoms with Crippen molar-refractivity contribution in [2.75, 3.05) is 10.6 Å². The van der Waals surface area contributed by atoms with Crippen molar-refractivity contribution in [2.45, 2.75) is 18.9 Å². The molecule has 29 heavy (non-hydrogen) atoms. The van der Waals surface area contributed by atoms with Crippen LogP contribution in [0.4, 0.5) is 15.8 Å². The van der Waals surface area contributed by atoms with Crippen LogP contribution in [-0.4, -0.2) is 23.9 Å². The predicted octanol–water partition coefficient (Wildman–Crippen LogP) is 3.21. The lowest BCUT2D eigenvalue weighted by atomic mass is 9.79. The summed E-state index contributed by atoms with van der Waals surface area (Å²) >= 11 is 0. The SMILES string of the molecule is O=C(Nc1ccc(F)cc1)c1cccc(NC(=O)[C@H]2[C@H]3C[C@H]4[C@@H]2C(=O)O[C@H]4C3)c1. The second-order valence-corrected chi connectivity index (χ2v) is 7.95. The molecule has 0 aromatic heterocycles. The summed E-state index contributed by atoms with van der Waals surface area (Å²) < 4.78 is 18.4. The number of halogens is 1. The van der Waals surface area contributed by atoms with Crippen molar-refractivity contribution in [2.24, 2.45) is 23.7 Å². The van der Waals surface area contributed by atoms with Crippen molar-refractivity contribution in [1.82, 2.24) is 0 Å². The summed E-state index contributed by atoms with van der Waals surface area (Å²) in [4.78, 5) is 37.5. The highest BCUT2D eigenvalue weighted by molar-refractivity contribution is 6.05. The van der Waals surface area contributed by atoms with E-state index < -0.39 is 0 Å². The van der Waals surface area contributed by atoms with E-state index in [0.29, 0.717) is 16.9 Å². The molecule has 2 saturated carbocycles. The van der Waals surface area contributed by atoms with Gasteiger partial charge in [0.15, 0.2) is 0 Å². The van der Waals surface area contributed by atoms with Gasteiger partial charge in [-0.2, -0.15) is 0 Å². The fourth-order valence-electron chi connectivity index (χ4n) is 5.06. The van der Waals surface area contributed by atoms with E-state index in [4.69, 9.17) is 4.74 Å². The van der Waals surface area contributed by atoms with Gasteiger partial charge in [0.2, 0.25) is 5.91 Å². The molecule has 7 heteroatoms. The van der Waals surface area contributed by atoms with E-state index >= 15 is 0 Å². The molecule has 5 atom stereocenters. The van der Waals surface area contributed by atoms with Gasteiger partial charge >= 0.3 is 5.97 Å². The summed E-state index contributed by atoms with van der Waals surface area (Å²) in [5, 5.41) is 5.55. The zero-order valence-electron chi connectivity index (χ0n) is 15.4. The molecule has 3 aliphatic rings. The third-order valence-corrected chi connectivity index (χ3v) is 6.28. The minimum Gasteiger partial charge on any atom is -0.462 e. The summed E-state index contributed by atoms with van der Waals surface area (Å²) in [6, 6.07) is 12.1. The second-order valence-electron chi connectivity index (χ2n) is 7.95. The summed E-state index contributed by atoms with van der Waals surface area (Å²) in [6.45, 7) is 0. The number of nitrogens with one attached hydrogen (secondary N) is 2. The highest BCUT2D eigenvalue weighted by Gasteiger charge is 2.63. The van der Waals surface area contributed by atoms with Gasteiger partial charge in [0.05, 0.1) is 11.8 Å². The molecule has 1 saturated heterocycles. The fourth-order valence-corrected chi connectivity index (χ4v) is 5.06. The molecular weight excluding hydrogens is 375 g/mol. The molecule has 1 heterocycles. The van der Waals surface area contributed by atoms with E-state index in [0.717, 1.165) is 12.8 Å². The van der Waals surface area contributed by atoms with E-state index in [9.17, 15) is 18.8 Å². The van der Waals surface area contributed by atoms with Gasteiger partial charge in [-0.15, -0.1) is 0 Å². The molecule has 148 valence electrons. The number of carbonyl (C=O) groups is 3. The Morgan fingerprint density at radius 1 is 1.00 bits per heavy atom. The Balaban J connectivity index is 1.29. The van der Waals surface area contributed by atoms with Crippen molar-refractivity contribution in [1.29, 1.82) is 0 Å². The van der Waals surface area contributed by atoms with Crippen LogP contribution in [0.1, 0.15) is 23.2 Å². The first-order valence-corrected chi connectivity index (χ1v) is 9.68. The van der Waals surface area contributed by atoms with Crippen molar-refractivity contribution >= 4 is 29.2 Å². The first-order valence-electron chi connectivity index (χ1n) is 9.68. The van der Waals surface area contributed by atoms with Gasteiger partial charge < -0.3 is 15.4 Å². The third-order valence-electron chi connectivity index (χ3n) is 6.28. The maximum absolute atomic E-state index is 13.0. The number of ether oxygens (including phenoxy) is 1. The Labute approximate surface area is 166 Å². The summed E-state index contributed by atoms with van der Waals surface area (Å²) in [6.07, 6.45) is 1.60. The Morgan fingerprint density at radius 3 is 2.59 bits per heavy atom. The number of amides is 2. The molecular formula is C22H19FN2O4. The zero-order valence-corrected chi connectivity index (χ0v) is 15.4. The number of hydrogen-bond acceptors (Lipinski definition) is 4. The lowest BCUT2D eigenvalue weighted by molar-refractivity contribution is -0.145. The Bertz CT molecular complexity index is 1000. The smallest absolute Gasteiger partial charge is 0.310 e. The first-order chi connectivity index (χ1) is 14.0. The summed E-state index contributed by atoms with van der Waals surface area (Å²) in [7, 11) is 0. The molecule has 2 aliphatic carbocycles. The Kier molecular flexibility index (Phi) is 4.12. The van der Waals surface area contributed by atoms with Crippen LogP contribution < -0.4 is 10.6 Å². The van der Waals surface area contributed by atoms with Crippen LogP contribution in [0.3, 0.4) is 0 Å². The average molecular weight is 394 g/mol. The molecule has 3 fully saturated rings. The standard InChI is InChI=1S/C22H19FN2O4/c23-13-4-6-14(7-5-13)24-20(26)11-2-1-3-15(8-11)25-21(27)18-12-9-16-17(10-12)29-22(28)19(16)18/h1-8,12,16-19H,9-10H2,(H,24,26)(H,25,27)/t12-,16+,17-,18-,19-/m0/s1. The molecule has 1 aliphatic heterocycles. The number of carbonyl (C=O) groups excluding carboxylic acids is 3. The average Bonchev–Trinajstić information content (AvgIpc) is 3.32. The van der Waals surface area contributed by atoms with Crippen LogP contribution in [-0.2, 0) is 14.3 Å². The largest absolute Gasteiger partial charge is 0.462 e. The predicted molar refractivity (Wildman–Crippen MR) is 102 cm³/mol. The van der Waals surface area contributed by atoms with Crippen LogP contribution in [0, 0.1) is 29.5 Å². The van der Waals surface area contributed by atoms with Crippen LogP contribution >= 0.6 is 0 Å². The van der Waals surface area contributed by atoms with Gasteiger partial charge in [0, 0.05) is 22.9 Å². The number of anilines is 2. The minimum atomic E-state index is -0.384. The number of rotatable bonds is 4. The van der Waals surface area contributed by atoms with Gasteiger partial charge in [0.25, 0.3) is 5.91 Å². The summed E-state index contributed by atoms with van der Waals surface area (Å²) in [5.74, 6) is -1.58. The van der Waals surface area contributed by atoms with E-state index in [1.54, 1.807) is 24.3 Å². The third kappa shape index (κ3) is 3.06. The van der Waals surface area contributed by atoms with Gasteiger partial charge in [-0.05, 0) is 61.2 Å². The van der Waals surface area contributed by atoms with Gasteiger partial charge in [-0.3, -0.25) is 14.4 Å². The van der Waals surface area contributed by atoms with Crippen molar-refractivity contribution in [3.05, 3.63) is 59.9 Å². The van der Waals surface area contributed by atoms with Crippen molar-refractivity contribution < 1.29 is 23.5 Å². The van der Waals surface area contributed by atoms with Crippen LogP contribution in [0.5, 0.6) is 0 Å². The molecule has 2 amide bonds. The minimum absolute atomic E-state index is 0.0139. The monoisotopic (exact) mass is 394 g/mol. The molecule has 2 aromatic carbocycles. The normalized spacial score (nSPS) is 28.9. The first kappa shape index (κ1) is 17.8. The second kappa shape index (κ2) is 6.69. The van der Waals surface area contributed by atoms with E-state index in [2.05, 4.69) is 10.6 Å². The van der Waals surface area contributed by atoms with E-state index in [-0.39, 0.29) is 53.4 Å². The topological polar surface area (TPSA) is 84.5 Å². The van der Waals surface area contributed by atoms with E-state index in [1.165, 1.54) is 24.3 Å². The quantitative estimate of drug-likeness (QED) is 0.780. The van der Waals surface area contributed by atoms with Crippen LogP contribution in [0.25, 0.3) is 0 Å². The summed E-state index contributed by atoms with van der Waals surface area (Å²) in [5.41, 5.74) is 1.33. The van der Waals surface area contributed by atoms with Crippen molar-refractivity contribution in [3.8, 4) is 0 Å². The van der Waals surface area contributed by atoms with E-state index in [1.807, 2.05) is 0 Å². The molecule has 2 N–H and O–H groups in total. The van der Waals surface area contributed by atoms with Crippen LogP contribution in [0.15, 0.2) is 48.5 Å². The highest BCUT2D eigenvalue weighted by Crippen LogP contribution is 2.57. The highest BCUT2D eigenvalue weighted by atomic mass is 19.1. The molecule has 0 radical (unpaired) electrons. The molecule has 2 aromatic rings. The molecule has 0 unspecified atom stereocenters. The molecule has 6 nitrogen and oxygen atoms in total. The zero-order chi connectivity index (χ0) is 20.1. The van der Waals surface area contributed by atoms with Gasteiger partial charge in [0.1, 0.15) is 11.9 Å². The van der Waals surface area contributed by atoms with Gasteiger partial charge in [-0.25, -0.2) is 4.39 Å². The molecule has 2 bridgehead atoms. The fraction of sp³-hybridized carbons (Fsp3) is 0.318. The Hall–Kier alpha value is -3.22. The van der Waals surface area contributed by atoms with Crippen molar-refractivity contribution in [3.63, 3.8) is 0 Å². The number of hydrogen-bond donors (Lipinski definition) is 2.